The molecule has 0 aliphatic carbocycles. The van der Waals surface area contributed by atoms with E-state index >= 15 is 0 Å². The molecule has 0 saturated heterocycles. The quantitative estimate of drug-likeness (QED) is 0.664. The van der Waals surface area contributed by atoms with Crippen molar-refractivity contribution in [1.82, 2.24) is 4.98 Å². The van der Waals surface area contributed by atoms with Crippen molar-refractivity contribution < 1.29 is 0 Å². The van der Waals surface area contributed by atoms with Crippen molar-refractivity contribution in [2.75, 3.05) is 5.73 Å². The summed E-state index contributed by atoms with van der Waals surface area (Å²) in [5.74, 6) is 0.972. The normalized spacial score (nSPS) is 10.6. The summed E-state index contributed by atoms with van der Waals surface area (Å²) in [6.07, 6.45) is 0. The van der Waals surface area contributed by atoms with Crippen LogP contribution < -0.4 is 5.73 Å². The highest BCUT2D eigenvalue weighted by Crippen LogP contribution is 2.32. The Hall–Kier alpha value is -0.270. The molecule has 0 aliphatic rings. The minimum atomic E-state index is 0.655. The molecule has 2 rings (SSSR count). The molecule has 0 aliphatic heterocycles. The number of anilines is 1. The van der Waals surface area contributed by atoms with Gasteiger partial charge in [0.25, 0.3) is 0 Å². The van der Waals surface area contributed by atoms with E-state index in [1.807, 2.05) is 6.92 Å². The number of thioether (sulfide) groups is 1. The third-order valence-corrected chi connectivity index (χ3v) is 5.19. The van der Waals surface area contributed by atoms with Crippen molar-refractivity contribution >= 4 is 50.8 Å². The van der Waals surface area contributed by atoms with Crippen LogP contribution in [0.2, 0.25) is 0 Å². The van der Waals surface area contributed by atoms with Crippen molar-refractivity contribution in [3.05, 3.63) is 39.1 Å². The number of aromatic nitrogens is 1. The van der Waals surface area contributed by atoms with Gasteiger partial charge >= 0.3 is 0 Å². The predicted molar refractivity (Wildman–Crippen MR) is 80.0 cm³/mol. The lowest BCUT2D eigenvalue weighted by molar-refractivity contribution is 1.21. The van der Waals surface area contributed by atoms with Gasteiger partial charge in [-0.05, 0) is 47.2 Å². The van der Waals surface area contributed by atoms with Gasteiger partial charge in [0.05, 0.1) is 9.90 Å². The first-order chi connectivity index (χ1) is 7.65. The maximum absolute atomic E-state index is 5.66. The first kappa shape index (κ1) is 12.2. The lowest BCUT2D eigenvalue weighted by atomic mass is 10.2. The minimum absolute atomic E-state index is 0.655. The predicted octanol–water partition coefficient (Wildman–Crippen LogP) is 3.93. The summed E-state index contributed by atoms with van der Waals surface area (Å²) in [4.78, 5) is 4.21. The number of rotatable bonds is 3. The highest BCUT2D eigenvalue weighted by atomic mass is 127. The van der Waals surface area contributed by atoms with E-state index in [0.717, 1.165) is 11.4 Å². The Kier molecular flexibility index (Phi) is 4.10. The Bertz CT molecular complexity index is 479. The Morgan fingerprint density at radius 2 is 2.06 bits per heavy atom. The van der Waals surface area contributed by atoms with Crippen LogP contribution in [0.4, 0.5) is 5.13 Å². The molecule has 1 heterocycles. The van der Waals surface area contributed by atoms with Crippen molar-refractivity contribution in [1.29, 1.82) is 0 Å². The zero-order chi connectivity index (χ0) is 11.5. The molecule has 84 valence electrons. The third kappa shape index (κ3) is 3.11. The van der Waals surface area contributed by atoms with Crippen molar-refractivity contribution in [2.45, 2.75) is 16.9 Å². The van der Waals surface area contributed by atoms with Gasteiger partial charge in [0, 0.05) is 9.32 Å². The lowest BCUT2D eigenvalue weighted by Crippen LogP contribution is -1.81. The number of thiazole rings is 1. The number of hydrogen-bond donors (Lipinski definition) is 1. The maximum atomic E-state index is 5.66. The summed E-state index contributed by atoms with van der Waals surface area (Å²) in [5.41, 5.74) is 8.03. The highest BCUT2D eigenvalue weighted by molar-refractivity contribution is 14.1. The molecule has 0 spiro atoms. The average molecular weight is 362 g/mol. The second-order valence-electron chi connectivity index (χ2n) is 3.34. The summed E-state index contributed by atoms with van der Waals surface area (Å²) in [5, 5.41) is 0.655. The summed E-state index contributed by atoms with van der Waals surface area (Å²) < 4.78 is 2.49. The minimum Gasteiger partial charge on any atom is -0.375 e. The van der Waals surface area contributed by atoms with Gasteiger partial charge in [-0.3, -0.25) is 0 Å². The summed E-state index contributed by atoms with van der Waals surface area (Å²) in [7, 11) is 0. The van der Waals surface area contributed by atoms with E-state index < -0.39 is 0 Å². The van der Waals surface area contributed by atoms with Crippen molar-refractivity contribution in [3.8, 4) is 0 Å². The van der Waals surface area contributed by atoms with Crippen LogP contribution in [0.3, 0.4) is 0 Å². The first-order valence-corrected chi connectivity index (χ1v) is 7.63. The fraction of sp³-hybridized carbons (Fsp3) is 0.182. The van der Waals surface area contributed by atoms with Crippen molar-refractivity contribution in [3.63, 3.8) is 0 Å². The second-order valence-corrected chi connectivity index (χ2v) is 6.86. The van der Waals surface area contributed by atoms with Crippen LogP contribution in [0.5, 0.6) is 0 Å². The van der Waals surface area contributed by atoms with Gasteiger partial charge in [-0.15, -0.1) is 11.8 Å². The number of hydrogen-bond acceptors (Lipinski definition) is 4. The molecule has 0 bridgehead atoms. The van der Waals surface area contributed by atoms with Gasteiger partial charge in [0.1, 0.15) is 0 Å². The van der Waals surface area contributed by atoms with E-state index in [2.05, 4.69) is 51.8 Å². The zero-order valence-corrected chi connectivity index (χ0v) is 12.5. The molecule has 0 saturated carbocycles. The van der Waals surface area contributed by atoms with E-state index in [9.17, 15) is 0 Å². The highest BCUT2D eigenvalue weighted by Gasteiger charge is 2.05. The van der Waals surface area contributed by atoms with Crippen LogP contribution in [-0.2, 0) is 5.75 Å². The zero-order valence-electron chi connectivity index (χ0n) is 8.74. The molecule has 16 heavy (non-hydrogen) atoms. The van der Waals surface area contributed by atoms with Gasteiger partial charge in [-0.25, -0.2) is 4.98 Å². The topological polar surface area (TPSA) is 38.9 Å². The Balaban J connectivity index is 2.02. The van der Waals surface area contributed by atoms with Crippen LogP contribution >= 0.6 is 45.7 Å². The summed E-state index contributed by atoms with van der Waals surface area (Å²) >= 11 is 5.68. The summed E-state index contributed by atoms with van der Waals surface area (Å²) in [6.45, 7) is 2.00. The second kappa shape index (κ2) is 5.37. The molecule has 1 aromatic carbocycles. The molecule has 0 amide bonds. The molecule has 1 aromatic heterocycles. The van der Waals surface area contributed by atoms with Gasteiger partial charge in [0.2, 0.25) is 0 Å². The molecule has 2 aromatic rings. The number of benzene rings is 1. The standard InChI is InChI=1S/C11H11IN2S2/c1-7-10(16-11(13)14-7)15-6-8-2-4-9(12)5-3-8/h2-5H,6H2,1H3,(H2,13,14). The fourth-order valence-electron chi connectivity index (χ4n) is 1.27. The number of nitrogens with zero attached hydrogens (tertiary/aromatic N) is 1. The molecular weight excluding hydrogens is 351 g/mol. The van der Waals surface area contributed by atoms with Crippen LogP contribution in [0.15, 0.2) is 28.5 Å². The van der Waals surface area contributed by atoms with E-state index in [0.29, 0.717) is 5.13 Å². The smallest absolute Gasteiger partial charge is 0.181 e. The Labute approximate surface area is 117 Å². The van der Waals surface area contributed by atoms with Crippen LogP contribution in [0.25, 0.3) is 0 Å². The number of halogens is 1. The monoisotopic (exact) mass is 362 g/mol. The molecule has 5 heteroatoms. The Morgan fingerprint density at radius 3 is 2.62 bits per heavy atom. The maximum Gasteiger partial charge on any atom is 0.181 e. The first-order valence-electron chi connectivity index (χ1n) is 4.75. The Morgan fingerprint density at radius 1 is 1.38 bits per heavy atom. The van der Waals surface area contributed by atoms with Crippen LogP contribution in [0, 0.1) is 10.5 Å². The van der Waals surface area contributed by atoms with Gasteiger partial charge in [-0.2, -0.15) is 0 Å². The van der Waals surface area contributed by atoms with Crippen LogP contribution in [-0.4, -0.2) is 4.98 Å². The van der Waals surface area contributed by atoms with E-state index in [1.54, 1.807) is 23.1 Å². The van der Waals surface area contributed by atoms with Gasteiger partial charge in [-0.1, -0.05) is 23.5 Å². The van der Waals surface area contributed by atoms with E-state index in [-0.39, 0.29) is 0 Å². The molecule has 2 N–H and O–H groups in total. The average Bonchev–Trinajstić information content (AvgIpc) is 2.57. The summed E-state index contributed by atoms with van der Waals surface area (Å²) in [6, 6.07) is 8.58. The third-order valence-electron chi connectivity index (χ3n) is 2.05. The fourth-order valence-corrected chi connectivity index (χ4v) is 3.60. The number of nitrogen functional groups attached to an aromatic ring is 1. The van der Waals surface area contributed by atoms with Gasteiger partial charge in [0.15, 0.2) is 5.13 Å². The lowest BCUT2D eigenvalue weighted by Gasteiger charge is -2.00. The van der Waals surface area contributed by atoms with E-state index in [1.165, 1.54) is 13.3 Å². The molecule has 2 nitrogen and oxygen atoms in total. The largest absolute Gasteiger partial charge is 0.375 e. The number of nitrogens with two attached hydrogens (primary N) is 1. The molecular formula is C11H11IN2S2. The van der Waals surface area contributed by atoms with Crippen LogP contribution in [0.1, 0.15) is 11.3 Å². The van der Waals surface area contributed by atoms with Crippen molar-refractivity contribution in [2.24, 2.45) is 0 Å². The molecule has 0 unspecified atom stereocenters. The number of aryl methyl sites for hydroxylation is 1. The SMILES string of the molecule is Cc1nc(N)sc1SCc1ccc(I)cc1. The molecule has 0 radical (unpaired) electrons. The van der Waals surface area contributed by atoms with Gasteiger partial charge < -0.3 is 5.73 Å². The molecule has 0 atom stereocenters. The molecule has 0 fully saturated rings. The van der Waals surface area contributed by atoms with E-state index in [4.69, 9.17) is 5.73 Å².